The van der Waals surface area contributed by atoms with E-state index in [1.807, 2.05) is 25.1 Å². The van der Waals surface area contributed by atoms with E-state index in [0.29, 0.717) is 23.4 Å². The summed E-state index contributed by atoms with van der Waals surface area (Å²) >= 11 is 0. The van der Waals surface area contributed by atoms with E-state index in [1.165, 1.54) is 4.57 Å². The molecule has 100 valence electrons. The Morgan fingerprint density at radius 3 is 2.68 bits per heavy atom. The van der Waals surface area contributed by atoms with E-state index in [4.69, 9.17) is 0 Å². The minimum atomic E-state index is -0.228. The highest BCUT2D eigenvalue weighted by molar-refractivity contribution is 5.78. The van der Waals surface area contributed by atoms with Crippen LogP contribution in [0.1, 0.15) is 5.56 Å². The van der Waals surface area contributed by atoms with Gasteiger partial charge in [-0.25, -0.2) is 4.79 Å². The van der Waals surface area contributed by atoms with E-state index >= 15 is 0 Å². The third-order valence-corrected chi connectivity index (χ3v) is 3.81. The summed E-state index contributed by atoms with van der Waals surface area (Å²) in [6, 6.07) is 5.61. The number of hydrogen-bond donors (Lipinski definition) is 1. The van der Waals surface area contributed by atoms with Gasteiger partial charge in [0.15, 0.2) is 0 Å². The number of benzene rings is 1. The zero-order valence-corrected chi connectivity index (χ0v) is 11.1. The number of nitrogens with one attached hydrogen (secondary N) is 1. The molecule has 5 nitrogen and oxygen atoms in total. The largest absolute Gasteiger partial charge is 0.331 e. The van der Waals surface area contributed by atoms with Crippen molar-refractivity contribution in [3.63, 3.8) is 0 Å². The molecule has 0 saturated carbocycles. The molecule has 0 aliphatic carbocycles. The highest BCUT2D eigenvalue weighted by Crippen LogP contribution is 2.11. The molecule has 1 N–H and O–H groups in total. The maximum atomic E-state index is 12.5. The normalized spacial score (nSPS) is 15.7. The average molecular weight is 259 g/mol. The summed E-state index contributed by atoms with van der Waals surface area (Å²) < 4.78 is 2.93. The lowest BCUT2D eigenvalue weighted by molar-refractivity contribution is 0.298. The summed E-state index contributed by atoms with van der Waals surface area (Å²) in [6.45, 7) is 4.20. The third-order valence-electron chi connectivity index (χ3n) is 3.81. The van der Waals surface area contributed by atoms with Gasteiger partial charge in [-0.15, -0.1) is 0 Å². The number of rotatable bonds is 2. The molecule has 0 amide bonds. The predicted octanol–water partition coefficient (Wildman–Crippen LogP) is 0.228. The fourth-order valence-corrected chi connectivity index (χ4v) is 2.53. The summed E-state index contributed by atoms with van der Waals surface area (Å²) in [7, 11) is 1.72. The quantitative estimate of drug-likeness (QED) is 0.840. The van der Waals surface area contributed by atoms with Crippen molar-refractivity contribution in [1.82, 2.24) is 14.5 Å². The van der Waals surface area contributed by atoms with Gasteiger partial charge in [0.05, 0.1) is 10.9 Å². The first-order valence-electron chi connectivity index (χ1n) is 6.49. The second-order valence-corrected chi connectivity index (χ2v) is 5.30. The van der Waals surface area contributed by atoms with Crippen molar-refractivity contribution in [1.29, 1.82) is 0 Å². The van der Waals surface area contributed by atoms with Crippen molar-refractivity contribution in [2.75, 3.05) is 13.1 Å². The molecule has 2 heterocycles. The summed E-state index contributed by atoms with van der Waals surface area (Å²) in [5.74, 6) is 0.382. The first-order chi connectivity index (χ1) is 9.08. The molecule has 0 unspecified atom stereocenters. The highest BCUT2D eigenvalue weighted by Gasteiger charge is 2.20. The van der Waals surface area contributed by atoms with Gasteiger partial charge in [0.25, 0.3) is 5.56 Å². The van der Waals surface area contributed by atoms with Crippen LogP contribution < -0.4 is 16.6 Å². The molecule has 0 radical (unpaired) electrons. The molecule has 1 aromatic heterocycles. The van der Waals surface area contributed by atoms with Gasteiger partial charge in [0, 0.05) is 32.6 Å². The topological polar surface area (TPSA) is 56.0 Å². The van der Waals surface area contributed by atoms with Gasteiger partial charge in [-0.2, -0.15) is 0 Å². The van der Waals surface area contributed by atoms with Crippen LogP contribution in [0.15, 0.2) is 27.8 Å². The van der Waals surface area contributed by atoms with E-state index in [1.54, 1.807) is 11.6 Å². The Kier molecular flexibility index (Phi) is 2.78. The van der Waals surface area contributed by atoms with Gasteiger partial charge in [-0.1, -0.05) is 11.6 Å². The van der Waals surface area contributed by atoms with Crippen molar-refractivity contribution < 1.29 is 0 Å². The zero-order chi connectivity index (χ0) is 13.6. The standard InChI is InChI=1S/C14H17N3O2/c1-9-3-4-12-11(5-9)13(18)17(14(19)16(12)2)8-10-6-15-7-10/h3-5,10,15H,6-8H2,1-2H3. The van der Waals surface area contributed by atoms with Crippen LogP contribution in [-0.4, -0.2) is 22.2 Å². The molecule has 1 aliphatic rings. The highest BCUT2D eigenvalue weighted by atomic mass is 16.2. The van der Waals surface area contributed by atoms with Gasteiger partial charge >= 0.3 is 5.69 Å². The minimum absolute atomic E-state index is 0.172. The van der Waals surface area contributed by atoms with E-state index in [9.17, 15) is 9.59 Å². The second kappa shape index (κ2) is 4.35. The summed E-state index contributed by atoms with van der Waals surface area (Å²) in [5, 5.41) is 3.78. The van der Waals surface area contributed by atoms with E-state index in [-0.39, 0.29) is 11.2 Å². The lowest BCUT2D eigenvalue weighted by atomic mass is 10.0. The van der Waals surface area contributed by atoms with E-state index in [2.05, 4.69) is 5.32 Å². The number of hydrogen-bond acceptors (Lipinski definition) is 3. The summed E-state index contributed by atoms with van der Waals surface area (Å²) in [5.41, 5.74) is 1.32. The SMILES string of the molecule is Cc1ccc2c(c1)c(=O)n(CC1CNC1)c(=O)n2C. The second-order valence-electron chi connectivity index (χ2n) is 5.30. The molecule has 19 heavy (non-hydrogen) atoms. The molecule has 1 aromatic carbocycles. The Labute approximate surface area is 110 Å². The monoisotopic (exact) mass is 259 g/mol. The Morgan fingerprint density at radius 2 is 2.05 bits per heavy atom. The van der Waals surface area contributed by atoms with Crippen LogP contribution >= 0.6 is 0 Å². The maximum absolute atomic E-state index is 12.5. The van der Waals surface area contributed by atoms with Crippen LogP contribution in [0.25, 0.3) is 10.9 Å². The molecule has 0 atom stereocenters. The molecular formula is C14H17N3O2. The Hall–Kier alpha value is -1.88. The molecule has 0 spiro atoms. The molecule has 3 rings (SSSR count). The fourth-order valence-electron chi connectivity index (χ4n) is 2.53. The molecule has 2 aromatic rings. The van der Waals surface area contributed by atoms with Crippen LogP contribution in [0.5, 0.6) is 0 Å². The summed E-state index contributed by atoms with van der Waals surface area (Å²) in [6.07, 6.45) is 0. The first-order valence-corrected chi connectivity index (χ1v) is 6.49. The van der Waals surface area contributed by atoms with Gasteiger partial charge < -0.3 is 5.32 Å². The van der Waals surface area contributed by atoms with Crippen LogP contribution in [0.3, 0.4) is 0 Å². The van der Waals surface area contributed by atoms with Crippen molar-refractivity contribution >= 4 is 10.9 Å². The van der Waals surface area contributed by atoms with Gasteiger partial charge in [0.1, 0.15) is 0 Å². The lowest BCUT2D eigenvalue weighted by Crippen LogP contribution is -2.49. The van der Waals surface area contributed by atoms with Crippen molar-refractivity contribution in [3.05, 3.63) is 44.6 Å². The molecular weight excluding hydrogens is 242 g/mol. The van der Waals surface area contributed by atoms with Gasteiger partial charge in [-0.3, -0.25) is 13.9 Å². The lowest BCUT2D eigenvalue weighted by Gasteiger charge is -2.27. The fraction of sp³-hybridized carbons (Fsp3) is 0.429. The van der Waals surface area contributed by atoms with Crippen LogP contribution in [0.4, 0.5) is 0 Å². The van der Waals surface area contributed by atoms with Crippen molar-refractivity contribution in [2.45, 2.75) is 13.5 Å². The van der Waals surface area contributed by atoms with E-state index < -0.39 is 0 Å². The maximum Gasteiger partial charge on any atom is 0.331 e. The summed E-state index contributed by atoms with van der Waals surface area (Å²) in [4.78, 5) is 24.7. The Bertz CT molecular complexity index is 754. The van der Waals surface area contributed by atoms with Crippen LogP contribution in [0, 0.1) is 12.8 Å². The number of nitrogens with zero attached hydrogens (tertiary/aromatic N) is 2. The smallest absolute Gasteiger partial charge is 0.316 e. The van der Waals surface area contributed by atoms with E-state index in [0.717, 1.165) is 18.7 Å². The number of aromatic nitrogens is 2. The molecule has 1 fully saturated rings. The Balaban J connectivity index is 2.26. The number of fused-ring (bicyclic) bond motifs is 1. The van der Waals surface area contributed by atoms with Crippen LogP contribution in [0.2, 0.25) is 0 Å². The molecule has 1 aliphatic heterocycles. The zero-order valence-electron chi connectivity index (χ0n) is 11.1. The molecule has 0 bridgehead atoms. The average Bonchev–Trinajstić information content (AvgIpc) is 2.34. The molecule has 1 saturated heterocycles. The van der Waals surface area contributed by atoms with Crippen molar-refractivity contribution in [2.24, 2.45) is 13.0 Å². The molecule has 5 heteroatoms. The van der Waals surface area contributed by atoms with Gasteiger partial charge in [-0.05, 0) is 19.1 Å². The van der Waals surface area contributed by atoms with Crippen molar-refractivity contribution in [3.8, 4) is 0 Å². The minimum Gasteiger partial charge on any atom is -0.316 e. The predicted molar refractivity (Wildman–Crippen MR) is 74.5 cm³/mol. The Morgan fingerprint density at radius 1 is 1.32 bits per heavy atom. The van der Waals surface area contributed by atoms with Crippen LogP contribution in [-0.2, 0) is 13.6 Å². The number of aryl methyl sites for hydroxylation is 2. The first kappa shape index (κ1) is 12.2. The third kappa shape index (κ3) is 1.90. The van der Waals surface area contributed by atoms with Gasteiger partial charge in [0.2, 0.25) is 0 Å².